The number of hydrogen-bond donors (Lipinski definition) is 1. The minimum absolute atomic E-state index is 0.0246. The summed E-state index contributed by atoms with van der Waals surface area (Å²) < 4.78 is 7.36. The van der Waals surface area contributed by atoms with Crippen LogP contribution in [0.2, 0.25) is 0 Å². The number of benzene rings is 2. The molecule has 32 heavy (non-hydrogen) atoms. The first-order valence-electron chi connectivity index (χ1n) is 10.6. The van der Waals surface area contributed by atoms with Gasteiger partial charge < -0.3 is 10.1 Å². The highest BCUT2D eigenvalue weighted by atomic mass is 32.2. The third-order valence-corrected chi connectivity index (χ3v) is 6.52. The fraction of sp³-hybridized carbons (Fsp3) is 0.292. The predicted octanol–water partition coefficient (Wildman–Crippen LogP) is 3.88. The van der Waals surface area contributed by atoms with Gasteiger partial charge in [-0.2, -0.15) is 5.10 Å². The van der Waals surface area contributed by atoms with Crippen LogP contribution in [-0.2, 0) is 11.3 Å². The average Bonchev–Trinajstić information content (AvgIpc) is 3.48. The summed E-state index contributed by atoms with van der Waals surface area (Å²) in [6, 6.07) is 16.9. The molecule has 0 saturated carbocycles. The van der Waals surface area contributed by atoms with Crippen LogP contribution in [0.1, 0.15) is 34.1 Å². The van der Waals surface area contributed by atoms with E-state index in [2.05, 4.69) is 10.4 Å². The molecule has 0 spiro atoms. The number of aromatic nitrogens is 2. The Bertz CT molecular complexity index is 1070. The average molecular weight is 451 g/mol. The molecule has 3 aromatic rings. The van der Waals surface area contributed by atoms with Crippen LogP contribution < -0.4 is 15.0 Å². The van der Waals surface area contributed by atoms with Crippen molar-refractivity contribution in [1.82, 2.24) is 15.1 Å². The SMILES string of the molecule is COc1ccccc1N1C(=O)CSC1c1cccc(C(=O)NCCCCn2cccn2)c1. The summed E-state index contributed by atoms with van der Waals surface area (Å²) in [4.78, 5) is 27.1. The van der Waals surface area contributed by atoms with Crippen LogP contribution in [0.4, 0.5) is 5.69 Å². The van der Waals surface area contributed by atoms with Crippen molar-refractivity contribution in [2.45, 2.75) is 24.8 Å². The van der Waals surface area contributed by atoms with Gasteiger partial charge in [-0.1, -0.05) is 24.3 Å². The number of ether oxygens (including phenoxy) is 1. The zero-order valence-electron chi connectivity index (χ0n) is 17.9. The van der Waals surface area contributed by atoms with Crippen LogP contribution in [0.25, 0.3) is 0 Å². The summed E-state index contributed by atoms with van der Waals surface area (Å²) in [5.41, 5.74) is 2.25. The molecule has 4 rings (SSSR count). The Labute approximate surface area is 191 Å². The number of nitrogens with one attached hydrogen (secondary N) is 1. The Morgan fingerprint density at radius 1 is 1.19 bits per heavy atom. The molecule has 0 aliphatic carbocycles. The van der Waals surface area contributed by atoms with Crippen molar-refractivity contribution in [2.24, 2.45) is 0 Å². The van der Waals surface area contributed by atoms with Crippen molar-refractivity contribution in [1.29, 1.82) is 0 Å². The van der Waals surface area contributed by atoms with Crippen LogP contribution >= 0.6 is 11.8 Å². The molecule has 7 nitrogen and oxygen atoms in total. The number of thioether (sulfide) groups is 1. The Balaban J connectivity index is 1.41. The smallest absolute Gasteiger partial charge is 0.251 e. The molecule has 0 bridgehead atoms. The predicted molar refractivity (Wildman–Crippen MR) is 126 cm³/mol. The van der Waals surface area contributed by atoms with Crippen molar-refractivity contribution in [2.75, 3.05) is 24.3 Å². The van der Waals surface area contributed by atoms with Gasteiger partial charge in [0.05, 0.1) is 18.6 Å². The Morgan fingerprint density at radius 2 is 2.06 bits per heavy atom. The third-order valence-electron chi connectivity index (χ3n) is 5.31. The fourth-order valence-corrected chi connectivity index (χ4v) is 4.89. The van der Waals surface area contributed by atoms with E-state index < -0.39 is 0 Å². The molecule has 1 atom stereocenters. The van der Waals surface area contributed by atoms with E-state index in [9.17, 15) is 9.59 Å². The Morgan fingerprint density at radius 3 is 2.88 bits per heavy atom. The number of amides is 2. The molecule has 0 radical (unpaired) electrons. The number of carbonyl (C=O) groups excluding carboxylic acids is 2. The lowest BCUT2D eigenvalue weighted by molar-refractivity contribution is -0.115. The minimum atomic E-state index is -0.208. The first-order chi connectivity index (χ1) is 15.7. The molecule has 1 fully saturated rings. The van der Waals surface area contributed by atoms with Crippen LogP contribution in [0, 0.1) is 0 Å². The molecule has 1 N–H and O–H groups in total. The van der Waals surface area contributed by atoms with E-state index in [1.165, 1.54) is 0 Å². The standard InChI is InChI=1S/C24H26N4O3S/c1-31-21-11-3-2-10-20(21)28-22(29)17-32-24(28)19-9-6-8-18(16-19)23(30)25-12-4-5-14-27-15-7-13-26-27/h2-3,6-11,13,15-16,24H,4-5,12,14,17H2,1H3,(H,25,30). The summed E-state index contributed by atoms with van der Waals surface area (Å²) in [7, 11) is 1.60. The second kappa shape index (κ2) is 10.4. The normalized spacial score (nSPS) is 15.7. The van der Waals surface area contributed by atoms with Gasteiger partial charge in [-0.3, -0.25) is 19.2 Å². The van der Waals surface area contributed by atoms with Gasteiger partial charge in [-0.05, 0) is 48.7 Å². The summed E-state index contributed by atoms with van der Waals surface area (Å²) in [5, 5.41) is 6.96. The highest BCUT2D eigenvalue weighted by molar-refractivity contribution is 8.00. The highest BCUT2D eigenvalue weighted by Crippen LogP contribution is 2.44. The van der Waals surface area contributed by atoms with Crippen LogP contribution in [-0.4, -0.2) is 41.0 Å². The van der Waals surface area contributed by atoms with Gasteiger partial charge in [-0.15, -0.1) is 11.8 Å². The molecule has 8 heteroatoms. The lowest BCUT2D eigenvalue weighted by Crippen LogP contribution is -2.28. The lowest BCUT2D eigenvalue weighted by Gasteiger charge is -2.26. The molecular formula is C24H26N4O3S. The van der Waals surface area contributed by atoms with Crippen molar-refractivity contribution in [3.8, 4) is 5.75 Å². The van der Waals surface area contributed by atoms with Gasteiger partial charge in [-0.25, -0.2) is 0 Å². The summed E-state index contributed by atoms with van der Waals surface area (Å²) in [6.07, 6.45) is 5.51. The maximum atomic E-state index is 12.7. The van der Waals surface area contributed by atoms with E-state index in [1.54, 1.807) is 36.0 Å². The van der Waals surface area contributed by atoms with E-state index in [4.69, 9.17) is 4.74 Å². The van der Waals surface area contributed by atoms with Crippen LogP contribution in [0.3, 0.4) is 0 Å². The molecule has 2 amide bonds. The zero-order valence-corrected chi connectivity index (χ0v) is 18.8. The number of methoxy groups -OCH3 is 1. The molecule has 1 aliphatic heterocycles. The number of aryl methyl sites for hydroxylation is 1. The molecule has 2 heterocycles. The van der Waals surface area contributed by atoms with Crippen molar-refractivity contribution in [3.63, 3.8) is 0 Å². The van der Waals surface area contributed by atoms with Crippen molar-refractivity contribution >= 4 is 29.3 Å². The van der Waals surface area contributed by atoms with Crippen LogP contribution in [0.15, 0.2) is 67.0 Å². The molecule has 1 saturated heterocycles. The second-order valence-electron chi connectivity index (χ2n) is 7.46. The van der Waals surface area contributed by atoms with Gasteiger partial charge in [0.15, 0.2) is 0 Å². The molecule has 1 unspecified atom stereocenters. The number of unbranched alkanes of at least 4 members (excludes halogenated alkanes) is 1. The molecule has 1 aliphatic rings. The first kappa shape index (κ1) is 22.0. The first-order valence-corrected chi connectivity index (χ1v) is 11.6. The van der Waals surface area contributed by atoms with E-state index in [0.29, 0.717) is 23.6 Å². The van der Waals surface area contributed by atoms with Gasteiger partial charge in [0.25, 0.3) is 5.91 Å². The zero-order chi connectivity index (χ0) is 22.3. The number of nitrogens with zero attached hydrogens (tertiary/aromatic N) is 3. The largest absolute Gasteiger partial charge is 0.495 e. The quantitative estimate of drug-likeness (QED) is 0.501. The van der Waals surface area contributed by atoms with Gasteiger partial charge in [0.2, 0.25) is 5.91 Å². The lowest BCUT2D eigenvalue weighted by atomic mass is 10.1. The Hall–Kier alpha value is -3.26. The topological polar surface area (TPSA) is 76.5 Å². The fourth-order valence-electron chi connectivity index (χ4n) is 3.73. The van der Waals surface area contributed by atoms with Gasteiger partial charge in [0, 0.05) is 31.0 Å². The second-order valence-corrected chi connectivity index (χ2v) is 8.53. The number of rotatable bonds is 9. The van der Waals surface area contributed by atoms with E-state index in [-0.39, 0.29) is 17.2 Å². The molecule has 1 aromatic heterocycles. The molecule has 2 aromatic carbocycles. The van der Waals surface area contributed by atoms with Crippen molar-refractivity contribution < 1.29 is 14.3 Å². The molecular weight excluding hydrogens is 424 g/mol. The van der Waals surface area contributed by atoms with Gasteiger partial charge in [0.1, 0.15) is 11.1 Å². The summed E-state index contributed by atoms with van der Waals surface area (Å²) in [5.74, 6) is 0.952. The number of carbonyl (C=O) groups is 2. The minimum Gasteiger partial charge on any atom is -0.495 e. The third kappa shape index (κ3) is 4.96. The monoisotopic (exact) mass is 450 g/mol. The van der Waals surface area contributed by atoms with E-state index in [1.807, 2.05) is 59.4 Å². The Kier molecular flexibility index (Phi) is 7.11. The van der Waals surface area contributed by atoms with Gasteiger partial charge >= 0.3 is 0 Å². The summed E-state index contributed by atoms with van der Waals surface area (Å²) >= 11 is 1.55. The van der Waals surface area contributed by atoms with E-state index in [0.717, 1.165) is 30.6 Å². The van der Waals surface area contributed by atoms with Crippen LogP contribution in [0.5, 0.6) is 5.75 Å². The maximum Gasteiger partial charge on any atom is 0.251 e. The summed E-state index contributed by atoms with van der Waals surface area (Å²) in [6.45, 7) is 1.44. The molecule has 166 valence electrons. The number of para-hydroxylation sites is 2. The maximum absolute atomic E-state index is 12.7. The number of hydrogen-bond acceptors (Lipinski definition) is 5. The highest BCUT2D eigenvalue weighted by Gasteiger charge is 2.35. The van der Waals surface area contributed by atoms with Crippen molar-refractivity contribution in [3.05, 3.63) is 78.1 Å². The number of anilines is 1. The van der Waals surface area contributed by atoms with E-state index >= 15 is 0 Å².